The lowest BCUT2D eigenvalue weighted by molar-refractivity contribution is -0.610. The molecular weight excluding hydrogens is 240 g/mol. The van der Waals surface area contributed by atoms with Crippen LogP contribution in [0.4, 0.5) is 0 Å². The third-order valence-corrected chi connectivity index (χ3v) is 5.93. The lowest BCUT2D eigenvalue weighted by Gasteiger charge is -2.54. The summed E-state index contributed by atoms with van der Waals surface area (Å²) >= 11 is 0. The fraction of sp³-hybridized carbons (Fsp3) is 0.625. The van der Waals surface area contributed by atoms with Gasteiger partial charge in [0.25, 0.3) is 5.79 Å². The van der Waals surface area contributed by atoms with Crippen molar-refractivity contribution in [1.29, 1.82) is 0 Å². The van der Waals surface area contributed by atoms with Gasteiger partial charge in [0.15, 0.2) is 5.60 Å². The van der Waals surface area contributed by atoms with Crippen LogP contribution in [0.3, 0.4) is 0 Å². The molecule has 0 aromatic heterocycles. The summed E-state index contributed by atoms with van der Waals surface area (Å²) in [4.78, 5) is 11.4. The van der Waals surface area contributed by atoms with E-state index >= 15 is 0 Å². The number of fused-ring (bicyclic) bond motifs is 1. The second kappa shape index (κ2) is 3.05. The third kappa shape index (κ3) is 0.979. The molecular formula is C16H18O3. The average molecular weight is 258 g/mol. The quantitative estimate of drug-likeness (QED) is 0.725. The van der Waals surface area contributed by atoms with Gasteiger partial charge in [0.2, 0.25) is 0 Å². The van der Waals surface area contributed by atoms with E-state index in [-0.39, 0.29) is 11.0 Å². The lowest BCUT2D eigenvalue weighted by Crippen LogP contribution is -2.66. The number of hydrogen-bond acceptors (Lipinski definition) is 3. The molecule has 4 unspecified atom stereocenters. The van der Waals surface area contributed by atoms with Crippen LogP contribution < -0.4 is 0 Å². The molecule has 5 rings (SSSR count). The van der Waals surface area contributed by atoms with Crippen molar-refractivity contribution < 1.29 is 14.5 Å². The molecule has 100 valence electrons. The lowest BCUT2D eigenvalue weighted by atomic mass is 9.67. The summed E-state index contributed by atoms with van der Waals surface area (Å²) in [7, 11) is 0. The van der Waals surface area contributed by atoms with E-state index in [9.17, 15) is 0 Å². The molecule has 1 aromatic carbocycles. The average Bonchev–Trinajstić information content (AvgIpc) is 2.99. The Morgan fingerprint density at radius 1 is 1.21 bits per heavy atom. The van der Waals surface area contributed by atoms with Crippen LogP contribution in [0, 0.1) is 18.3 Å². The monoisotopic (exact) mass is 258 g/mol. The molecule has 19 heavy (non-hydrogen) atoms. The highest BCUT2D eigenvalue weighted by Gasteiger charge is 2.83. The van der Waals surface area contributed by atoms with Gasteiger partial charge in [0.05, 0.1) is 6.61 Å². The Kier molecular flexibility index (Phi) is 1.74. The maximum absolute atomic E-state index is 6.21. The molecule has 2 spiro atoms. The summed E-state index contributed by atoms with van der Waals surface area (Å²) in [6.07, 6.45) is 4.91. The van der Waals surface area contributed by atoms with Gasteiger partial charge in [-0.15, -0.1) is 0 Å². The van der Waals surface area contributed by atoms with E-state index in [0.717, 1.165) is 24.5 Å². The van der Waals surface area contributed by atoms with E-state index in [1.165, 1.54) is 24.8 Å². The molecule has 4 atom stereocenters. The van der Waals surface area contributed by atoms with Crippen LogP contribution in [0.15, 0.2) is 24.3 Å². The summed E-state index contributed by atoms with van der Waals surface area (Å²) in [6.45, 7) is 2.90. The predicted octanol–water partition coefficient (Wildman–Crippen LogP) is 3.07. The van der Waals surface area contributed by atoms with Gasteiger partial charge in [-0.1, -0.05) is 29.8 Å². The molecule has 4 fully saturated rings. The van der Waals surface area contributed by atoms with Gasteiger partial charge < -0.3 is 4.74 Å². The smallest absolute Gasteiger partial charge is 0.261 e. The summed E-state index contributed by atoms with van der Waals surface area (Å²) in [6, 6.07) is 8.48. The predicted molar refractivity (Wildman–Crippen MR) is 68.1 cm³/mol. The van der Waals surface area contributed by atoms with Crippen LogP contribution in [0.1, 0.15) is 36.8 Å². The van der Waals surface area contributed by atoms with E-state index in [1.54, 1.807) is 0 Å². The second-order valence-electron chi connectivity index (χ2n) is 6.86. The number of ether oxygens (including phenoxy) is 1. The Bertz CT molecular complexity index is 571. The van der Waals surface area contributed by atoms with Gasteiger partial charge in [-0.25, -0.2) is 4.89 Å². The molecule has 3 heteroatoms. The van der Waals surface area contributed by atoms with Crippen LogP contribution in [0.5, 0.6) is 0 Å². The van der Waals surface area contributed by atoms with E-state index in [0.29, 0.717) is 0 Å². The number of hydrogen-bond donors (Lipinski definition) is 0. The minimum absolute atomic E-state index is 0.208. The molecule has 0 N–H and O–H groups in total. The van der Waals surface area contributed by atoms with Crippen LogP contribution in [0.2, 0.25) is 0 Å². The van der Waals surface area contributed by atoms with Crippen molar-refractivity contribution in [2.45, 2.75) is 44.0 Å². The van der Waals surface area contributed by atoms with Crippen LogP contribution >= 0.6 is 0 Å². The third-order valence-electron chi connectivity index (χ3n) is 5.93. The maximum Gasteiger partial charge on any atom is 0.261 e. The summed E-state index contributed by atoms with van der Waals surface area (Å²) in [5.41, 5.74) is 2.37. The van der Waals surface area contributed by atoms with Crippen molar-refractivity contribution in [3.63, 3.8) is 0 Å². The van der Waals surface area contributed by atoms with E-state index in [1.807, 2.05) is 0 Å². The van der Waals surface area contributed by atoms with Gasteiger partial charge in [0.1, 0.15) is 0 Å². The SMILES string of the molecule is Cc1cccc(C23OCC45CCC(C4)CC52OO3)c1. The largest absolute Gasteiger partial charge is 0.341 e. The van der Waals surface area contributed by atoms with Crippen LogP contribution in [-0.4, -0.2) is 12.2 Å². The fourth-order valence-electron chi connectivity index (χ4n) is 5.07. The Labute approximate surface area is 112 Å². The van der Waals surface area contributed by atoms with Crippen molar-refractivity contribution in [3.05, 3.63) is 35.4 Å². The molecule has 2 saturated heterocycles. The topological polar surface area (TPSA) is 27.7 Å². The highest BCUT2D eigenvalue weighted by atomic mass is 17.3. The molecule has 2 bridgehead atoms. The van der Waals surface area contributed by atoms with Crippen molar-refractivity contribution in [3.8, 4) is 0 Å². The molecule has 3 nitrogen and oxygen atoms in total. The van der Waals surface area contributed by atoms with Crippen molar-refractivity contribution in [2.75, 3.05) is 6.61 Å². The van der Waals surface area contributed by atoms with Crippen LogP contribution in [0.25, 0.3) is 0 Å². The Hall–Kier alpha value is -0.900. The van der Waals surface area contributed by atoms with Crippen molar-refractivity contribution >= 4 is 0 Å². The summed E-state index contributed by atoms with van der Waals surface area (Å²) < 4.78 is 6.21. The first-order valence-electron chi connectivity index (χ1n) is 7.28. The molecule has 0 radical (unpaired) electrons. The van der Waals surface area contributed by atoms with Crippen molar-refractivity contribution in [2.24, 2.45) is 11.3 Å². The standard InChI is InChI=1S/C16H18O3/c1-11-3-2-4-13(7-11)16-15(18-19-16)9-12-5-6-14(15,8-12)10-17-16/h2-4,7,12H,5-6,8-10H2,1H3. The summed E-state index contributed by atoms with van der Waals surface area (Å²) in [5, 5.41) is 0. The second-order valence-corrected chi connectivity index (χ2v) is 6.86. The molecule has 2 saturated carbocycles. The Morgan fingerprint density at radius 2 is 2.16 bits per heavy atom. The molecule has 2 heterocycles. The van der Waals surface area contributed by atoms with Gasteiger partial charge >= 0.3 is 0 Å². The van der Waals surface area contributed by atoms with Crippen molar-refractivity contribution in [1.82, 2.24) is 0 Å². The highest BCUT2D eigenvalue weighted by Crippen LogP contribution is 2.75. The van der Waals surface area contributed by atoms with E-state index in [2.05, 4.69) is 31.2 Å². The van der Waals surface area contributed by atoms with E-state index in [4.69, 9.17) is 14.5 Å². The summed E-state index contributed by atoms with van der Waals surface area (Å²) in [5.74, 6) is 0.172. The number of aryl methyl sites for hydroxylation is 1. The molecule has 4 aliphatic rings. The zero-order valence-electron chi connectivity index (χ0n) is 11.1. The zero-order chi connectivity index (χ0) is 12.7. The molecule has 1 aromatic rings. The van der Waals surface area contributed by atoms with Gasteiger partial charge in [0, 0.05) is 11.0 Å². The Balaban J connectivity index is 1.68. The number of benzene rings is 1. The first-order valence-corrected chi connectivity index (χ1v) is 7.28. The highest BCUT2D eigenvalue weighted by molar-refractivity contribution is 5.36. The molecule has 2 aliphatic carbocycles. The maximum atomic E-state index is 6.21. The normalized spacial score (nSPS) is 49.8. The minimum atomic E-state index is -0.631. The number of rotatable bonds is 1. The van der Waals surface area contributed by atoms with Crippen LogP contribution in [-0.2, 0) is 20.3 Å². The first-order chi connectivity index (χ1) is 9.20. The molecule has 0 amide bonds. The minimum Gasteiger partial charge on any atom is -0.341 e. The van der Waals surface area contributed by atoms with Gasteiger partial charge in [-0.05, 0) is 38.5 Å². The van der Waals surface area contributed by atoms with E-state index < -0.39 is 5.79 Å². The zero-order valence-corrected chi connectivity index (χ0v) is 11.1. The first kappa shape index (κ1) is 10.8. The Morgan fingerprint density at radius 3 is 2.89 bits per heavy atom. The molecule has 2 aliphatic heterocycles. The van der Waals surface area contributed by atoms with Gasteiger partial charge in [-0.2, -0.15) is 4.89 Å². The fourth-order valence-corrected chi connectivity index (χ4v) is 5.07. The van der Waals surface area contributed by atoms with Gasteiger partial charge in [-0.3, -0.25) is 0 Å².